The second kappa shape index (κ2) is 11.0. The van der Waals surface area contributed by atoms with Gasteiger partial charge in [0.05, 0.1) is 46.3 Å². The van der Waals surface area contributed by atoms with E-state index >= 15 is 4.39 Å². The van der Waals surface area contributed by atoms with Crippen LogP contribution in [-0.2, 0) is 16.7 Å². The molecule has 33 heavy (non-hydrogen) atoms. The summed E-state index contributed by atoms with van der Waals surface area (Å²) in [5.74, 6) is -2.62. The van der Waals surface area contributed by atoms with Crippen molar-refractivity contribution in [2.24, 2.45) is 13.0 Å². The third-order valence-corrected chi connectivity index (χ3v) is 5.92. The molecule has 1 aromatic heterocycles. The van der Waals surface area contributed by atoms with Gasteiger partial charge in [-0.15, -0.1) is 0 Å². The van der Waals surface area contributed by atoms with Gasteiger partial charge in [-0.05, 0) is 37.1 Å². The highest BCUT2D eigenvalue weighted by molar-refractivity contribution is 9.10. The molecule has 8 nitrogen and oxygen atoms in total. The number of nitrogens with zero attached hydrogens (tertiary/aromatic N) is 2. The second-order valence-electron chi connectivity index (χ2n) is 7.60. The molecule has 0 aliphatic rings. The number of amides is 1. The van der Waals surface area contributed by atoms with Gasteiger partial charge >= 0.3 is 5.97 Å². The van der Waals surface area contributed by atoms with Gasteiger partial charge in [-0.3, -0.25) is 14.4 Å². The topological polar surface area (TPSA) is 105 Å². The molecule has 0 saturated heterocycles. The van der Waals surface area contributed by atoms with Crippen LogP contribution in [-0.4, -0.2) is 33.1 Å². The number of hydrogen-bond acceptors (Lipinski definition) is 5. The van der Waals surface area contributed by atoms with E-state index in [1.807, 2.05) is 0 Å². The predicted molar refractivity (Wildman–Crippen MR) is 127 cm³/mol. The minimum atomic E-state index is -0.845. The molecule has 1 amide bonds. The summed E-state index contributed by atoms with van der Waals surface area (Å²) in [5.41, 5.74) is 3.23. The lowest BCUT2D eigenvalue weighted by Crippen LogP contribution is -2.25. The van der Waals surface area contributed by atoms with Crippen LogP contribution in [0.25, 0.3) is 11.0 Å². The van der Waals surface area contributed by atoms with Crippen LogP contribution in [0.15, 0.2) is 35.1 Å². The number of benzene rings is 2. The van der Waals surface area contributed by atoms with Gasteiger partial charge in [0.1, 0.15) is 5.52 Å². The van der Waals surface area contributed by atoms with Crippen molar-refractivity contribution in [3.8, 4) is 0 Å². The van der Waals surface area contributed by atoms with Crippen molar-refractivity contribution in [3.05, 3.63) is 51.5 Å². The maximum atomic E-state index is 15.4. The minimum Gasteiger partial charge on any atom is -0.481 e. The first kappa shape index (κ1) is 24.9. The van der Waals surface area contributed by atoms with Crippen molar-refractivity contribution in [1.29, 1.82) is 0 Å². The van der Waals surface area contributed by atoms with E-state index in [9.17, 15) is 9.59 Å². The lowest BCUT2D eigenvalue weighted by atomic mass is 10.1. The number of hydroxylamine groups is 1. The molecule has 3 aromatic rings. The molecule has 2 aromatic carbocycles. The third-order valence-electron chi connectivity index (χ3n) is 5.12. The van der Waals surface area contributed by atoms with Crippen LogP contribution in [0.4, 0.5) is 15.8 Å². The molecule has 0 aliphatic carbocycles. The molecule has 0 bridgehead atoms. The van der Waals surface area contributed by atoms with Gasteiger partial charge in [-0.2, -0.15) is 0 Å². The van der Waals surface area contributed by atoms with E-state index in [0.717, 1.165) is 4.47 Å². The number of aryl methyl sites for hydroxylation is 1. The van der Waals surface area contributed by atoms with E-state index in [1.165, 1.54) is 12.4 Å². The lowest BCUT2D eigenvalue weighted by molar-refractivity contribution is -0.141. The molecule has 3 rings (SSSR count). The number of fused-ring (bicyclic) bond motifs is 1. The second-order valence-corrected chi connectivity index (χ2v) is 8.92. The standard InChI is InChI=1S/C22H23BrClFN4O4/c1-12(22(31)32)5-3-4-8-33-28-21(30)14-10-17-20(26-11-29(17)2)18(25)19(14)27-16-7-6-13(23)9-15(16)24/h6-7,9-12,27H,3-5,8H2,1-2H3,(H,28,30)(H,31,32). The SMILES string of the molecule is CC(CCCCONC(=O)c1cc2c(ncn2C)c(F)c1Nc1ccc(Br)cc1Cl)C(=O)O. The average Bonchev–Trinajstić information content (AvgIpc) is 3.14. The van der Waals surface area contributed by atoms with Crippen LogP contribution in [0.3, 0.4) is 0 Å². The van der Waals surface area contributed by atoms with Crippen LogP contribution < -0.4 is 10.8 Å². The number of carbonyl (C=O) groups excluding carboxylic acids is 1. The molecule has 176 valence electrons. The number of hydrogen-bond donors (Lipinski definition) is 3. The summed E-state index contributed by atoms with van der Waals surface area (Å²) in [5, 5.41) is 12.1. The number of nitrogens with one attached hydrogen (secondary N) is 2. The number of carboxylic acids is 1. The number of aliphatic carboxylic acids is 1. The monoisotopic (exact) mass is 540 g/mol. The molecule has 1 unspecified atom stereocenters. The Balaban J connectivity index is 1.77. The highest BCUT2D eigenvalue weighted by Gasteiger charge is 2.22. The molecule has 0 saturated carbocycles. The fourth-order valence-electron chi connectivity index (χ4n) is 3.17. The van der Waals surface area contributed by atoms with Crippen molar-refractivity contribution in [2.75, 3.05) is 11.9 Å². The highest BCUT2D eigenvalue weighted by Crippen LogP contribution is 2.34. The van der Waals surface area contributed by atoms with Gasteiger partial charge in [-0.25, -0.2) is 14.9 Å². The summed E-state index contributed by atoms with van der Waals surface area (Å²) in [6, 6.07) is 6.56. The van der Waals surface area contributed by atoms with Crippen molar-refractivity contribution in [2.45, 2.75) is 26.2 Å². The molecular formula is C22H23BrClFN4O4. The van der Waals surface area contributed by atoms with E-state index in [-0.39, 0.29) is 23.4 Å². The van der Waals surface area contributed by atoms with E-state index in [2.05, 4.69) is 31.7 Å². The maximum absolute atomic E-state index is 15.4. The fourth-order valence-corrected chi connectivity index (χ4v) is 3.89. The largest absolute Gasteiger partial charge is 0.481 e. The molecule has 11 heteroatoms. The van der Waals surface area contributed by atoms with E-state index in [0.29, 0.717) is 35.5 Å². The number of carboxylic acid groups (broad SMARTS) is 1. The molecule has 3 N–H and O–H groups in total. The van der Waals surface area contributed by atoms with Crippen molar-refractivity contribution in [1.82, 2.24) is 15.0 Å². The summed E-state index contributed by atoms with van der Waals surface area (Å²) >= 11 is 9.58. The zero-order valence-electron chi connectivity index (χ0n) is 18.0. The summed E-state index contributed by atoms with van der Waals surface area (Å²) in [4.78, 5) is 33.0. The van der Waals surface area contributed by atoms with E-state index < -0.39 is 23.6 Å². The van der Waals surface area contributed by atoms with Gasteiger partial charge in [0, 0.05) is 11.5 Å². The molecular weight excluding hydrogens is 519 g/mol. The molecule has 0 radical (unpaired) electrons. The first-order valence-electron chi connectivity index (χ1n) is 10.2. The number of imidazole rings is 1. The van der Waals surface area contributed by atoms with Crippen molar-refractivity contribution in [3.63, 3.8) is 0 Å². The molecule has 0 fully saturated rings. The van der Waals surface area contributed by atoms with Crippen LogP contribution in [0.1, 0.15) is 36.5 Å². The molecule has 1 atom stereocenters. The van der Waals surface area contributed by atoms with E-state index in [1.54, 1.807) is 36.7 Å². The van der Waals surface area contributed by atoms with Gasteiger partial charge in [0.25, 0.3) is 5.91 Å². The Hall–Kier alpha value is -2.69. The van der Waals surface area contributed by atoms with Crippen molar-refractivity contribution >= 4 is 61.8 Å². The Labute approximate surface area is 203 Å². The van der Waals surface area contributed by atoms with Crippen LogP contribution in [0.2, 0.25) is 5.02 Å². The zero-order chi connectivity index (χ0) is 24.1. The Kier molecular flexibility index (Phi) is 8.28. The predicted octanol–water partition coefficient (Wildman–Crippen LogP) is 5.42. The quantitative estimate of drug-likeness (QED) is 0.234. The van der Waals surface area contributed by atoms with Crippen molar-refractivity contribution < 1.29 is 23.9 Å². The Bertz CT molecular complexity index is 1190. The Morgan fingerprint density at radius 2 is 2.09 bits per heavy atom. The van der Waals surface area contributed by atoms with Gasteiger partial charge < -0.3 is 15.0 Å². The number of aromatic nitrogens is 2. The summed E-state index contributed by atoms with van der Waals surface area (Å²) in [7, 11) is 1.70. The number of halogens is 3. The minimum absolute atomic E-state index is 0.0158. The molecule has 1 heterocycles. The zero-order valence-corrected chi connectivity index (χ0v) is 20.3. The van der Waals surface area contributed by atoms with Crippen LogP contribution >= 0.6 is 27.5 Å². The molecule has 0 aliphatic heterocycles. The van der Waals surface area contributed by atoms with Crippen LogP contribution in [0, 0.1) is 11.7 Å². The van der Waals surface area contributed by atoms with Gasteiger partial charge in [0.15, 0.2) is 5.82 Å². The Morgan fingerprint density at radius 1 is 1.33 bits per heavy atom. The Morgan fingerprint density at radius 3 is 2.79 bits per heavy atom. The summed E-state index contributed by atoms with van der Waals surface area (Å²) in [6.45, 7) is 1.83. The van der Waals surface area contributed by atoms with Gasteiger partial charge in [-0.1, -0.05) is 40.9 Å². The lowest BCUT2D eigenvalue weighted by Gasteiger charge is -2.15. The molecule has 0 spiro atoms. The summed E-state index contributed by atoms with van der Waals surface area (Å²) < 4.78 is 17.7. The number of rotatable bonds is 10. The van der Waals surface area contributed by atoms with Crippen LogP contribution in [0.5, 0.6) is 0 Å². The number of carbonyl (C=O) groups is 2. The average molecular weight is 542 g/mol. The first-order valence-corrected chi connectivity index (χ1v) is 11.4. The number of anilines is 2. The maximum Gasteiger partial charge on any atom is 0.306 e. The van der Waals surface area contributed by atoms with E-state index in [4.69, 9.17) is 21.5 Å². The highest BCUT2D eigenvalue weighted by atomic mass is 79.9. The fraction of sp³-hybridized carbons (Fsp3) is 0.318. The summed E-state index contributed by atoms with van der Waals surface area (Å²) in [6.07, 6.45) is 3.16. The first-order chi connectivity index (χ1) is 15.7. The normalized spacial score (nSPS) is 12.0. The number of unbranched alkanes of at least 4 members (excludes halogenated alkanes) is 1. The third kappa shape index (κ3) is 6.01. The van der Waals surface area contributed by atoms with Gasteiger partial charge in [0.2, 0.25) is 0 Å². The smallest absolute Gasteiger partial charge is 0.306 e.